The van der Waals surface area contributed by atoms with Crippen LogP contribution in [0.2, 0.25) is 0 Å². The highest BCUT2D eigenvalue weighted by molar-refractivity contribution is 7.10. The number of hydrogen-bond donors (Lipinski definition) is 2. The van der Waals surface area contributed by atoms with Gasteiger partial charge >= 0.3 is 5.97 Å². The highest BCUT2D eigenvalue weighted by Crippen LogP contribution is 2.27. The minimum absolute atomic E-state index is 0. The van der Waals surface area contributed by atoms with Crippen LogP contribution < -0.4 is 5.32 Å². The van der Waals surface area contributed by atoms with Crippen molar-refractivity contribution in [2.24, 2.45) is 0 Å². The van der Waals surface area contributed by atoms with Crippen LogP contribution in [0.25, 0.3) is 0 Å². The maximum Gasteiger partial charge on any atom is 0.326 e. The molecule has 13 heavy (non-hydrogen) atoms. The van der Waals surface area contributed by atoms with Gasteiger partial charge in [0.1, 0.15) is 6.04 Å². The Kier molecular flexibility index (Phi) is 3.30. The molecule has 0 amide bonds. The molecule has 3 nitrogen and oxygen atoms in total. The lowest BCUT2D eigenvalue weighted by atomic mass is 10.0. The third kappa shape index (κ3) is 1.85. The van der Waals surface area contributed by atoms with Gasteiger partial charge in [-0.3, -0.25) is 10.1 Å². The molecule has 2 N–H and O–H groups in total. The number of hydrogen-bond acceptors (Lipinski definition) is 3. The smallest absolute Gasteiger partial charge is 0.326 e. The number of carboxylic acid groups (broad SMARTS) is 1. The van der Waals surface area contributed by atoms with Crippen LogP contribution in [0.5, 0.6) is 0 Å². The molecule has 2 rings (SSSR count). The topological polar surface area (TPSA) is 49.3 Å². The number of nitrogens with one attached hydrogen (secondary N) is 1. The first-order valence-electron chi connectivity index (χ1n) is 3.81. The second-order valence-electron chi connectivity index (χ2n) is 2.79. The molecule has 0 saturated heterocycles. The van der Waals surface area contributed by atoms with Crippen molar-refractivity contribution in [3.8, 4) is 0 Å². The highest BCUT2D eigenvalue weighted by Gasteiger charge is 2.26. The fourth-order valence-electron chi connectivity index (χ4n) is 1.45. The quantitative estimate of drug-likeness (QED) is 0.752. The Hall–Kier alpha value is -0.580. The average molecular weight is 220 g/mol. The summed E-state index contributed by atoms with van der Waals surface area (Å²) in [6.45, 7) is 0.765. The fraction of sp³-hybridized carbons (Fsp3) is 0.375. The van der Waals surface area contributed by atoms with Gasteiger partial charge in [-0.25, -0.2) is 0 Å². The predicted molar refractivity (Wildman–Crippen MR) is 53.7 cm³/mol. The van der Waals surface area contributed by atoms with Crippen LogP contribution in [0.3, 0.4) is 0 Å². The van der Waals surface area contributed by atoms with Gasteiger partial charge in [0.05, 0.1) is 0 Å². The SMILES string of the molecule is Cl.O=C(O)C1NCCc2ccsc21. The van der Waals surface area contributed by atoms with Crippen LogP contribution in [-0.4, -0.2) is 17.6 Å². The Bertz CT molecular complexity index is 313. The minimum atomic E-state index is -0.779. The van der Waals surface area contributed by atoms with Crippen LogP contribution >= 0.6 is 23.7 Å². The summed E-state index contributed by atoms with van der Waals surface area (Å²) in [5.74, 6) is -0.779. The van der Waals surface area contributed by atoms with E-state index in [9.17, 15) is 4.79 Å². The van der Waals surface area contributed by atoms with E-state index < -0.39 is 12.0 Å². The fourth-order valence-corrected chi connectivity index (χ4v) is 2.47. The van der Waals surface area contributed by atoms with Gasteiger partial charge in [-0.2, -0.15) is 0 Å². The van der Waals surface area contributed by atoms with Gasteiger partial charge in [0.25, 0.3) is 0 Å². The lowest BCUT2D eigenvalue weighted by Crippen LogP contribution is -2.33. The molecule has 1 atom stereocenters. The highest BCUT2D eigenvalue weighted by atomic mass is 35.5. The molecule has 2 heterocycles. The molecule has 0 radical (unpaired) electrons. The van der Waals surface area contributed by atoms with Gasteiger partial charge in [0.2, 0.25) is 0 Å². The molecule has 0 aromatic carbocycles. The molecule has 0 bridgehead atoms. The van der Waals surface area contributed by atoms with E-state index in [0.717, 1.165) is 17.8 Å². The van der Waals surface area contributed by atoms with E-state index in [-0.39, 0.29) is 12.4 Å². The van der Waals surface area contributed by atoms with Crippen LogP contribution in [0, 0.1) is 0 Å². The van der Waals surface area contributed by atoms with E-state index in [0.29, 0.717) is 0 Å². The zero-order valence-corrected chi connectivity index (χ0v) is 8.45. The largest absolute Gasteiger partial charge is 0.480 e. The Morgan fingerprint density at radius 2 is 2.46 bits per heavy atom. The van der Waals surface area contributed by atoms with Gasteiger partial charge in [-0.1, -0.05) is 0 Å². The van der Waals surface area contributed by atoms with Crippen LogP contribution in [0.15, 0.2) is 11.4 Å². The molecule has 72 valence electrons. The van der Waals surface area contributed by atoms with E-state index >= 15 is 0 Å². The second-order valence-corrected chi connectivity index (χ2v) is 3.73. The van der Waals surface area contributed by atoms with Crippen molar-refractivity contribution < 1.29 is 9.90 Å². The van der Waals surface area contributed by atoms with Gasteiger partial charge in [-0.05, 0) is 23.4 Å². The molecular formula is C8H10ClNO2S. The summed E-state index contributed by atoms with van der Waals surface area (Å²) in [7, 11) is 0. The normalized spacial score (nSPS) is 20.2. The van der Waals surface area contributed by atoms with E-state index in [1.807, 2.05) is 11.4 Å². The first kappa shape index (κ1) is 10.5. The first-order valence-corrected chi connectivity index (χ1v) is 4.69. The predicted octanol–water partition coefficient (Wildman–Crippen LogP) is 1.44. The van der Waals surface area contributed by atoms with E-state index in [1.165, 1.54) is 16.9 Å². The molecular weight excluding hydrogens is 210 g/mol. The molecule has 1 aliphatic heterocycles. The summed E-state index contributed by atoms with van der Waals surface area (Å²) in [6.07, 6.45) is 0.947. The van der Waals surface area contributed by atoms with Crippen molar-refractivity contribution in [3.05, 3.63) is 21.9 Å². The Balaban J connectivity index is 0.000000845. The number of thiophene rings is 1. The molecule has 0 saturated carbocycles. The van der Waals surface area contributed by atoms with Crippen LogP contribution in [0.1, 0.15) is 16.5 Å². The molecule has 5 heteroatoms. The number of carboxylic acids is 1. The molecule has 0 fully saturated rings. The molecule has 0 spiro atoms. The van der Waals surface area contributed by atoms with Crippen LogP contribution in [0.4, 0.5) is 0 Å². The maximum absolute atomic E-state index is 10.8. The Morgan fingerprint density at radius 1 is 1.69 bits per heavy atom. The zero-order valence-electron chi connectivity index (χ0n) is 6.82. The summed E-state index contributed by atoms with van der Waals surface area (Å²) in [4.78, 5) is 11.7. The average Bonchev–Trinajstić information content (AvgIpc) is 2.49. The minimum Gasteiger partial charge on any atom is -0.480 e. The summed E-state index contributed by atoms with van der Waals surface area (Å²) in [5.41, 5.74) is 1.19. The Labute approximate surface area is 86.2 Å². The van der Waals surface area contributed by atoms with Crippen molar-refractivity contribution in [1.29, 1.82) is 0 Å². The monoisotopic (exact) mass is 219 g/mol. The number of fused-ring (bicyclic) bond motifs is 1. The van der Waals surface area contributed by atoms with Crippen LogP contribution in [-0.2, 0) is 11.2 Å². The van der Waals surface area contributed by atoms with Crippen molar-refractivity contribution in [3.63, 3.8) is 0 Å². The second kappa shape index (κ2) is 4.09. The number of rotatable bonds is 1. The Morgan fingerprint density at radius 3 is 3.15 bits per heavy atom. The van der Waals surface area contributed by atoms with Crippen molar-refractivity contribution in [1.82, 2.24) is 5.32 Å². The van der Waals surface area contributed by atoms with E-state index in [4.69, 9.17) is 5.11 Å². The van der Waals surface area contributed by atoms with Gasteiger partial charge < -0.3 is 5.11 Å². The number of halogens is 1. The molecule has 0 aliphatic carbocycles. The molecule has 1 aromatic heterocycles. The summed E-state index contributed by atoms with van der Waals surface area (Å²) >= 11 is 1.52. The third-order valence-electron chi connectivity index (χ3n) is 2.03. The summed E-state index contributed by atoms with van der Waals surface area (Å²) in [6, 6.07) is 1.53. The van der Waals surface area contributed by atoms with E-state index in [1.54, 1.807) is 0 Å². The molecule has 1 aliphatic rings. The van der Waals surface area contributed by atoms with Gasteiger partial charge in [-0.15, -0.1) is 23.7 Å². The van der Waals surface area contributed by atoms with Crippen molar-refractivity contribution >= 4 is 29.7 Å². The summed E-state index contributed by atoms with van der Waals surface area (Å²) in [5, 5.41) is 13.8. The lowest BCUT2D eigenvalue weighted by Gasteiger charge is -2.19. The molecule has 1 aromatic rings. The number of carbonyl (C=O) groups is 1. The number of aliphatic carboxylic acids is 1. The molecule has 1 unspecified atom stereocenters. The van der Waals surface area contributed by atoms with Crippen molar-refractivity contribution in [2.45, 2.75) is 12.5 Å². The van der Waals surface area contributed by atoms with Gasteiger partial charge in [0.15, 0.2) is 0 Å². The maximum atomic E-state index is 10.8. The lowest BCUT2D eigenvalue weighted by molar-refractivity contribution is -0.139. The zero-order chi connectivity index (χ0) is 8.55. The van der Waals surface area contributed by atoms with Crippen molar-refractivity contribution in [2.75, 3.05) is 6.54 Å². The third-order valence-corrected chi connectivity index (χ3v) is 3.06. The summed E-state index contributed by atoms with van der Waals surface area (Å²) < 4.78 is 0. The first-order chi connectivity index (χ1) is 5.79. The standard InChI is InChI=1S/C8H9NO2S.ClH/c10-8(11)6-7-5(1-3-9-6)2-4-12-7;/h2,4,6,9H,1,3H2,(H,10,11);1H. The van der Waals surface area contributed by atoms with E-state index in [2.05, 4.69) is 5.32 Å². The van der Waals surface area contributed by atoms with Gasteiger partial charge in [0, 0.05) is 11.4 Å².